The van der Waals surface area contributed by atoms with Crippen molar-refractivity contribution in [3.8, 4) is 0 Å². The number of benzene rings is 1. The van der Waals surface area contributed by atoms with E-state index in [1.54, 1.807) is 3.96 Å². The van der Waals surface area contributed by atoms with E-state index in [-0.39, 0.29) is 5.56 Å². The molecule has 2 nitrogen and oxygen atoms in total. The number of nitrogens with zero attached hydrogens (tertiary/aromatic N) is 1. The van der Waals surface area contributed by atoms with E-state index >= 15 is 0 Å². The maximum atomic E-state index is 11.7. The third-order valence-corrected chi connectivity index (χ3v) is 3.32. The third kappa shape index (κ3) is 1.56. The second-order valence-electron chi connectivity index (χ2n) is 2.68. The first-order valence-electron chi connectivity index (χ1n) is 3.98. The van der Waals surface area contributed by atoms with E-state index in [9.17, 15) is 4.79 Å². The molecule has 2 aromatic rings. The lowest BCUT2D eigenvalue weighted by atomic mass is 10.3. The maximum absolute atomic E-state index is 11.7. The Balaban J connectivity index is 2.67. The van der Waals surface area contributed by atoms with Gasteiger partial charge in [-0.2, -0.15) is 0 Å². The van der Waals surface area contributed by atoms with E-state index in [1.165, 1.54) is 11.5 Å². The summed E-state index contributed by atoms with van der Waals surface area (Å²) in [6.07, 6.45) is 0. The summed E-state index contributed by atoms with van der Waals surface area (Å²) in [7, 11) is 0. The minimum absolute atomic E-state index is 0.125. The number of hydrogen-bond donors (Lipinski definition) is 0. The van der Waals surface area contributed by atoms with Gasteiger partial charge in [0.1, 0.15) is 0 Å². The number of aromatic nitrogens is 1. The monoisotopic (exact) mass is 257 g/mol. The van der Waals surface area contributed by atoms with Gasteiger partial charge in [0, 0.05) is 11.9 Å². The topological polar surface area (TPSA) is 22.0 Å². The van der Waals surface area contributed by atoms with E-state index < -0.39 is 0 Å². The summed E-state index contributed by atoms with van der Waals surface area (Å²) in [5.74, 6) is 0. The van der Waals surface area contributed by atoms with Crippen molar-refractivity contribution in [3.05, 3.63) is 34.6 Å². The first-order valence-corrected chi connectivity index (χ1v) is 5.87. The Kier molecular flexibility index (Phi) is 2.51. The molecule has 0 atom stereocenters. The van der Waals surface area contributed by atoms with Gasteiger partial charge >= 0.3 is 0 Å². The number of alkyl halides is 1. The zero-order chi connectivity index (χ0) is 9.26. The summed E-state index contributed by atoms with van der Waals surface area (Å²) >= 11 is 4.85. The molecule has 1 heterocycles. The molecule has 0 radical (unpaired) electrons. The fourth-order valence-electron chi connectivity index (χ4n) is 1.24. The Hall–Kier alpha value is -0.610. The molecule has 0 aliphatic carbocycles. The molecule has 68 valence electrons. The van der Waals surface area contributed by atoms with Crippen LogP contribution in [0.4, 0.5) is 0 Å². The minimum atomic E-state index is 0.125. The normalized spacial score (nSPS) is 10.8. The molecule has 4 heteroatoms. The van der Waals surface area contributed by atoms with Gasteiger partial charge < -0.3 is 0 Å². The predicted molar refractivity (Wildman–Crippen MR) is 59.9 cm³/mol. The summed E-state index contributed by atoms with van der Waals surface area (Å²) < 4.78 is 2.84. The molecule has 0 spiro atoms. The van der Waals surface area contributed by atoms with Crippen molar-refractivity contribution in [2.45, 2.75) is 6.54 Å². The lowest BCUT2D eigenvalue weighted by Crippen LogP contribution is -2.13. The van der Waals surface area contributed by atoms with Gasteiger partial charge in [0.2, 0.25) is 0 Å². The molecule has 0 saturated carbocycles. The van der Waals surface area contributed by atoms with Crippen molar-refractivity contribution in [3.63, 3.8) is 0 Å². The average molecular weight is 258 g/mol. The fraction of sp³-hybridized carbons (Fsp3) is 0.222. The first kappa shape index (κ1) is 8.97. The molecule has 0 aliphatic heterocycles. The lowest BCUT2D eigenvalue weighted by molar-refractivity contribution is 0.829. The van der Waals surface area contributed by atoms with Crippen molar-refractivity contribution in [2.24, 2.45) is 0 Å². The quantitative estimate of drug-likeness (QED) is 0.758. The third-order valence-electron chi connectivity index (χ3n) is 1.84. The molecule has 1 aromatic carbocycles. The van der Waals surface area contributed by atoms with Gasteiger partial charge in [0.25, 0.3) is 5.56 Å². The Bertz CT molecular complexity index is 474. The van der Waals surface area contributed by atoms with Gasteiger partial charge in [-0.3, -0.25) is 8.75 Å². The van der Waals surface area contributed by atoms with Crippen LogP contribution in [0.2, 0.25) is 0 Å². The van der Waals surface area contributed by atoms with Gasteiger partial charge in [-0.05, 0) is 12.1 Å². The molecule has 2 rings (SSSR count). The minimum Gasteiger partial charge on any atom is -0.268 e. The molecule has 0 saturated heterocycles. The van der Waals surface area contributed by atoms with Crippen LogP contribution in [0.15, 0.2) is 29.1 Å². The summed E-state index contributed by atoms with van der Waals surface area (Å²) in [5.41, 5.74) is 0.125. The zero-order valence-electron chi connectivity index (χ0n) is 6.87. The Morgan fingerprint density at radius 2 is 2.15 bits per heavy atom. The lowest BCUT2D eigenvalue weighted by Gasteiger charge is -1.91. The second-order valence-corrected chi connectivity index (χ2v) is 4.54. The van der Waals surface area contributed by atoms with Gasteiger partial charge in [-0.25, -0.2) is 0 Å². The van der Waals surface area contributed by atoms with Crippen LogP contribution in [-0.4, -0.2) is 9.29 Å². The summed E-state index contributed by atoms with van der Waals surface area (Å²) in [6.45, 7) is 0.748. The highest BCUT2D eigenvalue weighted by Crippen LogP contribution is 2.15. The highest BCUT2D eigenvalue weighted by Gasteiger charge is 2.04. The Morgan fingerprint density at radius 3 is 2.85 bits per heavy atom. The largest absolute Gasteiger partial charge is 0.268 e. The maximum Gasteiger partial charge on any atom is 0.268 e. The Labute approximate surface area is 88.1 Å². The van der Waals surface area contributed by atoms with Crippen molar-refractivity contribution in [2.75, 3.05) is 5.33 Å². The molecule has 13 heavy (non-hydrogen) atoms. The number of hydrogen-bond acceptors (Lipinski definition) is 2. The molecule has 0 amide bonds. The van der Waals surface area contributed by atoms with Crippen LogP contribution < -0.4 is 5.56 Å². The SMILES string of the molecule is O=c1c2ccccc2sn1CCBr. The van der Waals surface area contributed by atoms with E-state index in [0.29, 0.717) is 0 Å². The van der Waals surface area contributed by atoms with Crippen LogP contribution in [0.5, 0.6) is 0 Å². The molecule has 0 aliphatic rings. The van der Waals surface area contributed by atoms with E-state index in [0.717, 1.165) is 22.0 Å². The summed E-state index contributed by atoms with van der Waals surface area (Å²) in [5, 5.41) is 1.65. The molecule has 1 aromatic heterocycles. The predicted octanol–water partition coefficient (Wildman–Crippen LogP) is 2.46. The zero-order valence-corrected chi connectivity index (χ0v) is 9.27. The van der Waals surface area contributed by atoms with Crippen molar-refractivity contribution in [1.29, 1.82) is 0 Å². The van der Waals surface area contributed by atoms with Gasteiger partial charge in [0.05, 0.1) is 10.1 Å². The number of fused-ring (bicyclic) bond motifs is 1. The summed E-state index contributed by atoms with van der Waals surface area (Å²) in [6, 6.07) is 7.71. The van der Waals surface area contributed by atoms with E-state index in [2.05, 4.69) is 15.9 Å². The smallest absolute Gasteiger partial charge is 0.268 e. The molecular formula is C9H8BrNOS. The number of halogens is 1. The van der Waals surface area contributed by atoms with Crippen LogP contribution in [0.3, 0.4) is 0 Å². The molecule has 0 unspecified atom stereocenters. The Morgan fingerprint density at radius 1 is 1.38 bits per heavy atom. The average Bonchev–Trinajstić information content (AvgIpc) is 2.46. The molecular weight excluding hydrogens is 250 g/mol. The van der Waals surface area contributed by atoms with E-state index in [4.69, 9.17) is 0 Å². The number of rotatable bonds is 2. The van der Waals surface area contributed by atoms with Crippen LogP contribution >= 0.6 is 27.5 Å². The van der Waals surface area contributed by atoms with E-state index in [1.807, 2.05) is 24.3 Å². The van der Waals surface area contributed by atoms with Crippen LogP contribution in [0.25, 0.3) is 10.1 Å². The molecule has 0 bridgehead atoms. The molecule has 0 fully saturated rings. The highest BCUT2D eigenvalue weighted by atomic mass is 79.9. The van der Waals surface area contributed by atoms with Crippen LogP contribution in [-0.2, 0) is 6.54 Å². The van der Waals surface area contributed by atoms with Crippen LogP contribution in [0.1, 0.15) is 0 Å². The van der Waals surface area contributed by atoms with Crippen LogP contribution in [0, 0.1) is 0 Å². The van der Waals surface area contributed by atoms with Crippen molar-refractivity contribution >= 4 is 37.5 Å². The van der Waals surface area contributed by atoms with Gasteiger partial charge in [0.15, 0.2) is 0 Å². The summed E-state index contributed by atoms with van der Waals surface area (Å²) in [4.78, 5) is 11.7. The number of aryl methyl sites for hydroxylation is 1. The fourth-order valence-corrected chi connectivity index (χ4v) is 2.83. The van der Waals surface area contributed by atoms with Crippen molar-refractivity contribution in [1.82, 2.24) is 3.96 Å². The first-order chi connectivity index (χ1) is 6.33. The second kappa shape index (κ2) is 3.64. The van der Waals surface area contributed by atoms with Gasteiger partial charge in [-0.1, -0.05) is 39.6 Å². The standard InChI is InChI=1S/C9H8BrNOS/c10-5-6-11-9(12)7-3-1-2-4-8(7)13-11/h1-4H,5-6H2. The molecule has 0 N–H and O–H groups in total. The van der Waals surface area contributed by atoms with Gasteiger partial charge in [-0.15, -0.1) is 0 Å². The highest BCUT2D eigenvalue weighted by molar-refractivity contribution is 9.09. The van der Waals surface area contributed by atoms with Crippen molar-refractivity contribution < 1.29 is 0 Å².